The fourth-order valence-corrected chi connectivity index (χ4v) is 5.69. The zero-order chi connectivity index (χ0) is 27.3. The van der Waals surface area contributed by atoms with Crippen LogP contribution in [0.25, 0.3) is 50.2 Å². The fourth-order valence-electron chi connectivity index (χ4n) is 5.02. The van der Waals surface area contributed by atoms with Gasteiger partial charge in [0, 0.05) is 30.5 Å². The van der Waals surface area contributed by atoms with E-state index in [4.69, 9.17) is 9.40 Å². The van der Waals surface area contributed by atoms with E-state index < -0.39 is 9.84 Å². The second-order valence-corrected chi connectivity index (χ2v) is 11.8. The molecule has 0 unspecified atom stereocenters. The molecule has 194 valence electrons. The van der Waals surface area contributed by atoms with Crippen molar-refractivity contribution >= 4 is 20.6 Å². The highest BCUT2D eigenvalue weighted by Crippen LogP contribution is 2.39. The number of sulfone groups is 1. The molecule has 7 heteroatoms. The second-order valence-electron chi connectivity index (χ2n) is 9.80. The molecule has 0 bridgehead atoms. The van der Waals surface area contributed by atoms with Crippen molar-refractivity contribution in [3.8, 4) is 39.4 Å². The summed E-state index contributed by atoms with van der Waals surface area (Å²) in [6.45, 7) is 5.79. The minimum atomic E-state index is -3.35. The van der Waals surface area contributed by atoms with Crippen molar-refractivity contribution in [2.24, 2.45) is 0 Å². The lowest BCUT2D eigenvalue weighted by Gasteiger charge is -2.14. The third-order valence-electron chi connectivity index (χ3n) is 6.86. The molecule has 2 aromatic heterocycles. The van der Waals surface area contributed by atoms with E-state index in [1.807, 2.05) is 63.4 Å². The summed E-state index contributed by atoms with van der Waals surface area (Å²) >= 11 is 0. The molecular formula is C32H27N3O3S. The molecule has 6 rings (SSSR count). The van der Waals surface area contributed by atoms with Crippen LogP contribution in [0.4, 0.5) is 0 Å². The molecule has 0 radical (unpaired) electrons. The highest BCUT2D eigenvalue weighted by Gasteiger charge is 2.21. The van der Waals surface area contributed by atoms with Gasteiger partial charge in [0.2, 0.25) is 0 Å². The van der Waals surface area contributed by atoms with Gasteiger partial charge in [0.1, 0.15) is 11.5 Å². The van der Waals surface area contributed by atoms with E-state index in [2.05, 4.69) is 39.9 Å². The van der Waals surface area contributed by atoms with Gasteiger partial charge in [0.05, 0.1) is 16.3 Å². The number of hydrogen-bond donors (Lipinski definition) is 0. The Kier molecular flexibility index (Phi) is 5.96. The van der Waals surface area contributed by atoms with Crippen LogP contribution in [0, 0.1) is 20.8 Å². The van der Waals surface area contributed by atoms with Gasteiger partial charge in [0.25, 0.3) is 0 Å². The first kappa shape index (κ1) is 24.8. The van der Waals surface area contributed by atoms with Crippen molar-refractivity contribution in [1.82, 2.24) is 14.5 Å². The molecule has 0 spiro atoms. The SMILES string of the molecule is Cc1cn(-c2ccc(-c3cccc(S(C)(=O)=O)c3)cc2-c2nc(C)oc2-c2ccc3ccccc3c2)c(C)n1. The average molecular weight is 534 g/mol. The third kappa shape index (κ3) is 4.66. The summed E-state index contributed by atoms with van der Waals surface area (Å²) in [7, 11) is -3.35. The van der Waals surface area contributed by atoms with Gasteiger partial charge in [-0.15, -0.1) is 0 Å². The summed E-state index contributed by atoms with van der Waals surface area (Å²) in [5.41, 5.74) is 6.00. The highest BCUT2D eigenvalue weighted by molar-refractivity contribution is 7.90. The molecule has 4 aromatic carbocycles. The summed E-state index contributed by atoms with van der Waals surface area (Å²) in [5, 5.41) is 2.26. The van der Waals surface area contributed by atoms with E-state index in [1.54, 1.807) is 18.2 Å². The van der Waals surface area contributed by atoms with Crippen LogP contribution >= 0.6 is 0 Å². The van der Waals surface area contributed by atoms with Gasteiger partial charge in [-0.25, -0.2) is 18.4 Å². The number of rotatable bonds is 5. The lowest BCUT2D eigenvalue weighted by Crippen LogP contribution is -2.00. The first-order valence-electron chi connectivity index (χ1n) is 12.6. The molecule has 6 nitrogen and oxygen atoms in total. The Morgan fingerprint density at radius 2 is 1.49 bits per heavy atom. The van der Waals surface area contributed by atoms with Gasteiger partial charge < -0.3 is 8.98 Å². The maximum atomic E-state index is 12.2. The Balaban J connectivity index is 1.60. The van der Waals surface area contributed by atoms with Gasteiger partial charge in [-0.05, 0) is 66.1 Å². The molecule has 6 aromatic rings. The van der Waals surface area contributed by atoms with E-state index in [0.29, 0.717) is 17.3 Å². The van der Waals surface area contributed by atoms with Gasteiger partial charge in [0.15, 0.2) is 21.5 Å². The van der Waals surface area contributed by atoms with Crippen molar-refractivity contribution in [1.29, 1.82) is 0 Å². The normalized spacial score (nSPS) is 11.8. The molecule has 0 saturated carbocycles. The summed E-state index contributed by atoms with van der Waals surface area (Å²) in [6.07, 6.45) is 3.22. The number of fused-ring (bicyclic) bond motifs is 1. The number of oxazole rings is 1. The van der Waals surface area contributed by atoms with E-state index in [1.165, 1.54) is 6.26 Å². The number of aryl methyl sites for hydroxylation is 3. The van der Waals surface area contributed by atoms with Crippen molar-refractivity contribution in [2.45, 2.75) is 25.7 Å². The third-order valence-corrected chi connectivity index (χ3v) is 7.97. The topological polar surface area (TPSA) is 78.0 Å². The van der Waals surface area contributed by atoms with Gasteiger partial charge in [-0.1, -0.05) is 54.6 Å². The van der Waals surface area contributed by atoms with Crippen LogP contribution in [-0.2, 0) is 9.84 Å². The lowest BCUT2D eigenvalue weighted by atomic mass is 9.97. The van der Waals surface area contributed by atoms with Crippen LogP contribution in [-0.4, -0.2) is 29.2 Å². The molecule has 0 atom stereocenters. The first-order valence-corrected chi connectivity index (χ1v) is 14.5. The van der Waals surface area contributed by atoms with Crippen LogP contribution in [0.5, 0.6) is 0 Å². The Bertz CT molecular complexity index is 1980. The summed E-state index contributed by atoms with van der Waals surface area (Å²) < 4.78 is 32.8. The van der Waals surface area contributed by atoms with Crippen LogP contribution in [0.2, 0.25) is 0 Å². The van der Waals surface area contributed by atoms with E-state index in [0.717, 1.165) is 50.2 Å². The van der Waals surface area contributed by atoms with Gasteiger partial charge in [-0.2, -0.15) is 0 Å². The summed E-state index contributed by atoms with van der Waals surface area (Å²) in [4.78, 5) is 9.75. The van der Waals surface area contributed by atoms with Crippen molar-refractivity contribution in [3.63, 3.8) is 0 Å². The van der Waals surface area contributed by atoms with Crippen molar-refractivity contribution < 1.29 is 12.8 Å². The van der Waals surface area contributed by atoms with Crippen molar-refractivity contribution in [3.05, 3.63) is 109 Å². The monoisotopic (exact) mass is 533 g/mol. The molecule has 0 N–H and O–H groups in total. The maximum Gasteiger partial charge on any atom is 0.192 e. The smallest absolute Gasteiger partial charge is 0.192 e. The molecule has 0 aliphatic carbocycles. The molecule has 0 aliphatic rings. The first-order chi connectivity index (χ1) is 18.7. The van der Waals surface area contributed by atoms with Crippen molar-refractivity contribution in [2.75, 3.05) is 6.26 Å². The number of benzene rings is 4. The van der Waals surface area contributed by atoms with E-state index >= 15 is 0 Å². The predicted octanol–water partition coefficient (Wildman–Crippen LogP) is 7.34. The van der Waals surface area contributed by atoms with E-state index in [-0.39, 0.29) is 4.90 Å². The van der Waals surface area contributed by atoms with Crippen LogP contribution in [0.15, 0.2) is 100 Å². The zero-order valence-electron chi connectivity index (χ0n) is 22.1. The molecule has 0 amide bonds. The van der Waals surface area contributed by atoms with Crippen LogP contribution < -0.4 is 0 Å². The number of nitrogens with zero attached hydrogens (tertiary/aromatic N) is 3. The van der Waals surface area contributed by atoms with Crippen LogP contribution in [0.3, 0.4) is 0 Å². The fraction of sp³-hybridized carbons (Fsp3) is 0.125. The molecule has 2 heterocycles. The second kappa shape index (κ2) is 9.36. The standard InChI is InChI=1S/C32H27N3O3S/c1-20-19-35(21(2)33-20)30-15-14-26(25-10-7-11-28(17-25)39(4,36)37)18-29(30)31-32(38-22(3)34-31)27-13-12-23-8-5-6-9-24(23)16-27/h5-19H,1-4H3. The van der Waals surface area contributed by atoms with Crippen LogP contribution in [0.1, 0.15) is 17.4 Å². The summed E-state index contributed by atoms with van der Waals surface area (Å²) in [5.74, 6) is 2.09. The number of imidazole rings is 1. The number of aromatic nitrogens is 3. The molecule has 39 heavy (non-hydrogen) atoms. The van der Waals surface area contributed by atoms with E-state index in [9.17, 15) is 8.42 Å². The highest BCUT2D eigenvalue weighted by atomic mass is 32.2. The van der Waals surface area contributed by atoms with Gasteiger partial charge >= 0.3 is 0 Å². The Morgan fingerprint density at radius 3 is 2.23 bits per heavy atom. The molecular weight excluding hydrogens is 506 g/mol. The largest absolute Gasteiger partial charge is 0.440 e. The molecule has 0 aliphatic heterocycles. The minimum absolute atomic E-state index is 0.279. The summed E-state index contributed by atoms with van der Waals surface area (Å²) in [6, 6.07) is 27.6. The number of hydrogen-bond acceptors (Lipinski definition) is 5. The van der Waals surface area contributed by atoms with Gasteiger partial charge in [-0.3, -0.25) is 0 Å². The Labute approximate surface area is 227 Å². The zero-order valence-corrected chi connectivity index (χ0v) is 23.0. The molecule has 0 fully saturated rings. The Morgan fingerprint density at radius 1 is 0.744 bits per heavy atom. The quantitative estimate of drug-likeness (QED) is 0.232. The average Bonchev–Trinajstić information content (AvgIpc) is 3.48. The predicted molar refractivity (Wildman–Crippen MR) is 155 cm³/mol. The maximum absolute atomic E-state index is 12.2. The Hall–Kier alpha value is -4.49. The molecule has 0 saturated heterocycles. The lowest BCUT2D eigenvalue weighted by molar-refractivity contribution is 0.534. The minimum Gasteiger partial charge on any atom is -0.440 e.